The van der Waals surface area contributed by atoms with Crippen LogP contribution in [0.15, 0.2) is 72.4 Å². The summed E-state index contributed by atoms with van der Waals surface area (Å²) in [5.74, 6) is 0. The van der Waals surface area contributed by atoms with Crippen LogP contribution in [-0.4, -0.2) is 37.8 Å². The van der Waals surface area contributed by atoms with Gasteiger partial charge in [0.05, 0.1) is 0 Å². The minimum absolute atomic E-state index is 0.688. The maximum Gasteiger partial charge on any atom is 0.0337 e. The molecule has 2 aromatic rings. The standard InChI is InChI=1S/C13H13N.C10H18N2.C2H6.C2H2/c1-14-13-9-7-12(8-10-13)11-5-3-2-4-6-11;1-4-12(3)10-7-5-9(11-2)6-8-10;2*1-2/h2-10,14H,1H3;4,10H,1,5-8H2,2-3H3;1-2H3;1-2H. The van der Waals surface area contributed by atoms with Crippen LogP contribution in [0, 0.1) is 12.8 Å². The first-order chi connectivity index (χ1) is 14.7. The molecule has 0 saturated heterocycles. The van der Waals surface area contributed by atoms with E-state index in [1.54, 1.807) is 0 Å². The quantitative estimate of drug-likeness (QED) is 0.570. The average Bonchev–Trinajstić information content (AvgIpc) is 2.87. The number of rotatable bonds is 4. The molecule has 3 rings (SSSR count). The number of hydrogen-bond donors (Lipinski definition) is 1. The second-order valence-corrected chi connectivity index (χ2v) is 6.56. The monoisotopic (exact) mass is 405 g/mol. The van der Waals surface area contributed by atoms with E-state index in [9.17, 15) is 0 Å². The number of anilines is 1. The van der Waals surface area contributed by atoms with Crippen LogP contribution in [0.2, 0.25) is 0 Å². The first kappa shape index (κ1) is 27.0. The van der Waals surface area contributed by atoms with Crippen molar-refractivity contribution in [2.75, 3.05) is 26.5 Å². The van der Waals surface area contributed by atoms with Gasteiger partial charge in [0.2, 0.25) is 0 Å². The van der Waals surface area contributed by atoms with Crippen molar-refractivity contribution in [3.8, 4) is 24.0 Å². The molecular formula is C27H39N3. The molecular weight excluding hydrogens is 366 g/mol. The third-order valence-corrected chi connectivity index (χ3v) is 4.99. The highest BCUT2D eigenvalue weighted by atomic mass is 15.1. The van der Waals surface area contributed by atoms with Gasteiger partial charge in [0.1, 0.15) is 0 Å². The van der Waals surface area contributed by atoms with Gasteiger partial charge in [-0.15, -0.1) is 12.8 Å². The minimum atomic E-state index is 0.688. The summed E-state index contributed by atoms with van der Waals surface area (Å²) in [6.45, 7) is 7.77. The number of nitrogens with zero attached hydrogens (tertiary/aromatic N) is 2. The van der Waals surface area contributed by atoms with Crippen molar-refractivity contribution in [1.29, 1.82) is 0 Å². The van der Waals surface area contributed by atoms with Gasteiger partial charge in [-0.1, -0.05) is 62.9 Å². The van der Waals surface area contributed by atoms with Crippen molar-refractivity contribution in [3.63, 3.8) is 0 Å². The van der Waals surface area contributed by atoms with Crippen molar-refractivity contribution in [1.82, 2.24) is 4.90 Å². The molecule has 0 atom stereocenters. The lowest BCUT2D eigenvalue weighted by Crippen LogP contribution is -2.31. The number of nitrogens with one attached hydrogen (secondary N) is 1. The second kappa shape index (κ2) is 16.9. The average molecular weight is 406 g/mol. The van der Waals surface area contributed by atoms with Crippen molar-refractivity contribution in [3.05, 3.63) is 67.4 Å². The molecule has 0 radical (unpaired) electrons. The summed E-state index contributed by atoms with van der Waals surface area (Å²) in [7, 11) is 5.93. The number of terminal acetylenes is 1. The molecule has 1 saturated carbocycles. The predicted molar refractivity (Wildman–Crippen MR) is 136 cm³/mol. The largest absolute Gasteiger partial charge is 0.388 e. The molecule has 1 fully saturated rings. The van der Waals surface area contributed by atoms with E-state index in [4.69, 9.17) is 0 Å². The summed E-state index contributed by atoms with van der Waals surface area (Å²) in [5.41, 5.74) is 5.04. The summed E-state index contributed by atoms with van der Waals surface area (Å²) in [6.07, 6.45) is 14.7. The van der Waals surface area contributed by atoms with Crippen LogP contribution in [0.5, 0.6) is 0 Å². The summed E-state index contributed by atoms with van der Waals surface area (Å²) in [4.78, 5) is 6.45. The third-order valence-electron chi connectivity index (χ3n) is 4.99. The normalized spacial score (nSPS) is 14.2. The zero-order valence-corrected chi connectivity index (χ0v) is 19.4. The Morgan fingerprint density at radius 1 is 0.967 bits per heavy atom. The predicted octanol–water partition coefficient (Wildman–Crippen LogP) is 6.75. The molecule has 1 aliphatic rings. The SMILES string of the molecule is C#C.C=CN(C)C1CCC(=NC)CC1.CC.CNc1ccc(-c2ccccc2)cc1. The molecule has 0 bridgehead atoms. The molecule has 0 spiro atoms. The fourth-order valence-corrected chi connectivity index (χ4v) is 3.18. The van der Waals surface area contributed by atoms with Crippen LogP contribution >= 0.6 is 0 Å². The van der Waals surface area contributed by atoms with Gasteiger partial charge in [-0.05, 0) is 55.1 Å². The van der Waals surface area contributed by atoms with Crippen LogP contribution < -0.4 is 5.32 Å². The highest BCUT2D eigenvalue weighted by molar-refractivity contribution is 5.85. The maximum atomic E-state index is 4.24. The van der Waals surface area contributed by atoms with E-state index in [0.717, 1.165) is 5.69 Å². The van der Waals surface area contributed by atoms with Crippen molar-refractivity contribution < 1.29 is 0 Å². The van der Waals surface area contributed by atoms with Gasteiger partial charge in [0.15, 0.2) is 0 Å². The van der Waals surface area contributed by atoms with E-state index in [2.05, 4.69) is 90.2 Å². The Morgan fingerprint density at radius 3 is 1.90 bits per heavy atom. The van der Waals surface area contributed by atoms with Crippen LogP contribution in [-0.2, 0) is 0 Å². The molecule has 3 heteroatoms. The Morgan fingerprint density at radius 2 is 1.47 bits per heavy atom. The smallest absolute Gasteiger partial charge is 0.0337 e. The van der Waals surface area contributed by atoms with Crippen LogP contribution in [0.1, 0.15) is 39.5 Å². The molecule has 0 amide bonds. The first-order valence-corrected chi connectivity index (χ1v) is 10.6. The molecule has 0 aromatic heterocycles. The molecule has 0 heterocycles. The second-order valence-electron chi connectivity index (χ2n) is 6.56. The van der Waals surface area contributed by atoms with Gasteiger partial charge in [-0.3, -0.25) is 4.99 Å². The Labute approximate surface area is 184 Å². The molecule has 1 N–H and O–H groups in total. The highest BCUT2D eigenvalue weighted by Gasteiger charge is 2.18. The third kappa shape index (κ3) is 9.47. The molecule has 0 aliphatic heterocycles. The summed E-state index contributed by atoms with van der Waals surface area (Å²) >= 11 is 0. The highest BCUT2D eigenvalue weighted by Crippen LogP contribution is 2.21. The van der Waals surface area contributed by atoms with Crippen LogP contribution in [0.4, 0.5) is 5.69 Å². The number of hydrogen-bond acceptors (Lipinski definition) is 3. The van der Waals surface area contributed by atoms with Gasteiger partial charge in [0, 0.05) is 38.6 Å². The zero-order chi connectivity index (χ0) is 22.8. The lowest BCUT2D eigenvalue weighted by Gasteiger charge is -2.30. The maximum absolute atomic E-state index is 4.24. The van der Waals surface area contributed by atoms with E-state index >= 15 is 0 Å². The van der Waals surface area contributed by atoms with Crippen molar-refractivity contribution >= 4 is 11.4 Å². The summed E-state index contributed by atoms with van der Waals surface area (Å²) in [6, 6.07) is 19.5. The fraction of sp³-hybridized carbons (Fsp3) is 0.370. The Kier molecular flexibility index (Phi) is 15.2. The lowest BCUT2D eigenvalue weighted by atomic mass is 9.93. The van der Waals surface area contributed by atoms with E-state index < -0.39 is 0 Å². The summed E-state index contributed by atoms with van der Waals surface area (Å²) in [5, 5.41) is 3.11. The number of aliphatic imine (C=N–C) groups is 1. The molecule has 162 valence electrons. The molecule has 3 nitrogen and oxygen atoms in total. The summed E-state index contributed by atoms with van der Waals surface area (Å²) < 4.78 is 0. The van der Waals surface area contributed by atoms with Crippen LogP contribution in [0.3, 0.4) is 0 Å². The van der Waals surface area contributed by atoms with E-state index in [0.29, 0.717) is 6.04 Å². The van der Waals surface area contributed by atoms with E-state index in [-0.39, 0.29) is 0 Å². The zero-order valence-electron chi connectivity index (χ0n) is 19.4. The minimum Gasteiger partial charge on any atom is -0.388 e. The molecule has 0 unspecified atom stereocenters. The van der Waals surface area contributed by atoms with E-state index in [1.807, 2.05) is 40.2 Å². The van der Waals surface area contributed by atoms with Crippen molar-refractivity contribution in [2.24, 2.45) is 4.99 Å². The topological polar surface area (TPSA) is 27.6 Å². The Hall–Kier alpha value is -2.99. The first-order valence-electron chi connectivity index (χ1n) is 10.6. The lowest BCUT2D eigenvalue weighted by molar-refractivity contribution is 0.291. The van der Waals surface area contributed by atoms with Crippen molar-refractivity contribution in [2.45, 2.75) is 45.6 Å². The van der Waals surface area contributed by atoms with Gasteiger partial charge in [-0.25, -0.2) is 0 Å². The number of benzene rings is 2. The van der Waals surface area contributed by atoms with Gasteiger partial charge < -0.3 is 10.2 Å². The molecule has 1 aliphatic carbocycles. The molecule has 30 heavy (non-hydrogen) atoms. The van der Waals surface area contributed by atoms with Gasteiger partial charge in [-0.2, -0.15) is 0 Å². The van der Waals surface area contributed by atoms with Crippen LogP contribution in [0.25, 0.3) is 11.1 Å². The molecule has 2 aromatic carbocycles. The van der Waals surface area contributed by atoms with E-state index in [1.165, 1.54) is 42.5 Å². The Balaban J connectivity index is 0.000000486. The van der Waals surface area contributed by atoms with Gasteiger partial charge in [0.25, 0.3) is 0 Å². The van der Waals surface area contributed by atoms with Gasteiger partial charge >= 0.3 is 0 Å². The fourth-order valence-electron chi connectivity index (χ4n) is 3.18. The Bertz CT molecular complexity index is 720.